The molecule has 2 aromatic heterocycles. The molecule has 2 aliphatic rings. The van der Waals surface area contributed by atoms with Crippen LogP contribution in [-0.4, -0.2) is 72.1 Å². The Balaban J connectivity index is 1.27. The summed E-state index contributed by atoms with van der Waals surface area (Å²) >= 11 is 0. The number of carbonyl (C=O) groups is 1. The molecule has 0 unspecified atom stereocenters. The molecule has 1 aliphatic heterocycles. The first kappa shape index (κ1) is 25.6. The molecule has 13 heteroatoms. The van der Waals surface area contributed by atoms with E-state index < -0.39 is 16.1 Å². The molecule has 1 amide bonds. The number of H-pyrrole nitrogens is 1. The third-order valence-electron chi connectivity index (χ3n) is 6.44. The second-order valence-electron chi connectivity index (χ2n) is 9.28. The van der Waals surface area contributed by atoms with Crippen LogP contribution in [0.4, 0.5) is 21.5 Å². The molecule has 1 aliphatic carbocycles. The molecule has 1 saturated heterocycles. The van der Waals surface area contributed by atoms with E-state index >= 15 is 0 Å². The average Bonchev–Trinajstić information content (AvgIpc) is 3.66. The maximum absolute atomic E-state index is 13.1. The molecule has 3 aromatic rings. The number of benzene rings is 1. The van der Waals surface area contributed by atoms with Crippen molar-refractivity contribution < 1.29 is 17.1 Å². The number of halogens is 1. The third kappa shape index (κ3) is 6.27. The Morgan fingerprint density at radius 3 is 2.50 bits per heavy atom. The van der Waals surface area contributed by atoms with E-state index in [1.165, 1.54) is 12.1 Å². The van der Waals surface area contributed by atoms with E-state index in [2.05, 4.69) is 41.6 Å². The van der Waals surface area contributed by atoms with Gasteiger partial charge in [0, 0.05) is 56.5 Å². The van der Waals surface area contributed by atoms with Crippen molar-refractivity contribution in [2.24, 2.45) is 0 Å². The van der Waals surface area contributed by atoms with E-state index in [0.717, 1.165) is 24.1 Å². The van der Waals surface area contributed by atoms with Crippen LogP contribution < -0.4 is 15.5 Å². The summed E-state index contributed by atoms with van der Waals surface area (Å²) in [5.41, 5.74) is 2.15. The lowest BCUT2D eigenvalue weighted by molar-refractivity contribution is 0.0953. The Morgan fingerprint density at radius 2 is 1.84 bits per heavy atom. The Bertz CT molecular complexity index is 1460. The monoisotopic (exact) mass is 538 g/mol. The van der Waals surface area contributed by atoms with Crippen LogP contribution in [0.5, 0.6) is 0 Å². The third-order valence-corrected chi connectivity index (χ3v) is 7.27. The fourth-order valence-corrected chi connectivity index (χ4v) is 4.70. The summed E-state index contributed by atoms with van der Waals surface area (Å²) in [5.74, 6) is 3.98. The minimum atomic E-state index is -4.71. The van der Waals surface area contributed by atoms with Gasteiger partial charge in [-0.05, 0) is 30.5 Å². The summed E-state index contributed by atoms with van der Waals surface area (Å²) < 4.78 is 35.2. The molecule has 11 nitrogen and oxygen atoms in total. The average molecular weight is 539 g/mol. The number of hydrogen-bond acceptors (Lipinski definition) is 9. The molecule has 0 atom stereocenters. The minimum absolute atomic E-state index is 0.0853. The first-order chi connectivity index (χ1) is 18.3. The van der Waals surface area contributed by atoms with Gasteiger partial charge in [-0.15, -0.1) is 10.3 Å². The molecule has 5 rings (SSSR count). The number of aromatic amines is 1. The van der Waals surface area contributed by atoms with Crippen LogP contribution in [0.3, 0.4) is 0 Å². The van der Waals surface area contributed by atoms with Crippen molar-refractivity contribution in [3.63, 3.8) is 0 Å². The number of piperazine rings is 1. The molecule has 198 valence electrons. The number of nitrogens with zero attached hydrogens (tertiary/aromatic N) is 5. The van der Waals surface area contributed by atoms with E-state index in [4.69, 9.17) is 6.42 Å². The number of terminal acetylenes is 1. The van der Waals surface area contributed by atoms with Crippen molar-refractivity contribution in [2.75, 3.05) is 42.9 Å². The van der Waals surface area contributed by atoms with Crippen LogP contribution in [-0.2, 0) is 16.8 Å². The fourth-order valence-electron chi connectivity index (χ4n) is 4.24. The van der Waals surface area contributed by atoms with E-state index in [0.29, 0.717) is 56.2 Å². The highest BCUT2D eigenvalue weighted by atomic mass is 32.3. The summed E-state index contributed by atoms with van der Waals surface area (Å²) in [7, 11) is -4.71. The van der Waals surface area contributed by atoms with Crippen LogP contribution in [0.15, 0.2) is 41.3 Å². The van der Waals surface area contributed by atoms with Crippen molar-refractivity contribution in [2.45, 2.75) is 30.2 Å². The number of aromatic nitrogens is 4. The standard InChI is InChI=1S/C25H27FN8O3S/c1-2-9-27-24(35)21-15-22(29-23-14-20(31-32-23)18-5-6-18)30-25(28-21)34-12-10-33(11-13-34)16-17-3-7-19(8-4-17)38(26,36)37/h1,3-4,7-8,14-15,18H,5-6,9-13,16H2,(H,27,35)(H2,28,29,30,31,32). The van der Waals surface area contributed by atoms with Crippen molar-refractivity contribution in [3.8, 4) is 12.3 Å². The SMILES string of the molecule is C#CCNC(=O)c1cc(Nc2cc(C3CC3)[nH]n2)nc(N2CCN(Cc3ccc(S(=O)(=O)F)cc3)CC2)n1. The van der Waals surface area contributed by atoms with E-state index in [-0.39, 0.29) is 17.1 Å². The predicted molar refractivity (Wildman–Crippen MR) is 139 cm³/mol. The zero-order valence-corrected chi connectivity index (χ0v) is 21.3. The molecular formula is C25H27FN8O3S. The molecule has 0 bridgehead atoms. The Labute approximate surface area is 220 Å². The normalized spacial score (nSPS) is 16.2. The Morgan fingerprint density at radius 1 is 1.11 bits per heavy atom. The van der Waals surface area contributed by atoms with Gasteiger partial charge < -0.3 is 15.5 Å². The number of amides is 1. The number of hydrogen-bond donors (Lipinski definition) is 3. The summed E-state index contributed by atoms with van der Waals surface area (Å²) in [4.78, 5) is 25.6. The molecule has 2 fully saturated rings. The van der Waals surface area contributed by atoms with Gasteiger partial charge in [0.15, 0.2) is 5.82 Å². The number of nitrogens with one attached hydrogen (secondary N) is 3. The number of carbonyl (C=O) groups excluding carboxylic acids is 1. The smallest absolute Gasteiger partial charge is 0.332 e. The zero-order chi connectivity index (χ0) is 26.7. The fraction of sp³-hybridized carbons (Fsp3) is 0.360. The molecule has 1 saturated carbocycles. The van der Waals surface area contributed by atoms with Gasteiger partial charge in [0.1, 0.15) is 11.5 Å². The van der Waals surface area contributed by atoms with Gasteiger partial charge in [-0.3, -0.25) is 14.8 Å². The maximum atomic E-state index is 13.1. The van der Waals surface area contributed by atoms with Crippen molar-refractivity contribution >= 4 is 33.7 Å². The lowest BCUT2D eigenvalue weighted by atomic mass is 10.2. The van der Waals surface area contributed by atoms with E-state index in [1.54, 1.807) is 18.2 Å². The van der Waals surface area contributed by atoms with Crippen LogP contribution in [0.2, 0.25) is 0 Å². The lowest BCUT2D eigenvalue weighted by Gasteiger charge is -2.35. The van der Waals surface area contributed by atoms with Gasteiger partial charge in [0.25, 0.3) is 5.91 Å². The van der Waals surface area contributed by atoms with E-state index in [9.17, 15) is 17.1 Å². The molecule has 3 N–H and O–H groups in total. The molecule has 3 heterocycles. The first-order valence-electron chi connectivity index (χ1n) is 12.2. The van der Waals surface area contributed by atoms with Crippen molar-refractivity contribution in [3.05, 3.63) is 53.3 Å². The molecule has 0 spiro atoms. The topological polar surface area (TPSA) is 136 Å². The number of rotatable bonds is 9. The van der Waals surface area contributed by atoms with Crippen molar-refractivity contribution in [1.82, 2.24) is 30.4 Å². The molecular weight excluding hydrogens is 511 g/mol. The van der Waals surface area contributed by atoms with Crippen LogP contribution in [0, 0.1) is 12.3 Å². The summed E-state index contributed by atoms with van der Waals surface area (Å²) in [6.45, 7) is 3.27. The van der Waals surface area contributed by atoms with Crippen LogP contribution >= 0.6 is 0 Å². The molecule has 0 radical (unpaired) electrons. The highest BCUT2D eigenvalue weighted by Crippen LogP contribution is 2.39. The van der Waals surface area contributed by atoms with Gasteiger partial charge in [-0.25, -0.2) is 4.98 Å². The maximum Gasteiger partial charge on any atom is 0.332 e. The second kappa shape index (κ2) is 10.8. The Hall–Kier alpha value is -4.02. The summed E-state index contributed by atoms with van der Waals surface area (Å²) in [5, 5.41) is 13.2. The Kier molecular flexibility index (Phi) is 7.26. The van der Waals surface area contributed by atoms with Gasteiger partial charge in [0.2, 0.25) is 5.95 Å². The predicted octanol–water partition coefficient (Wildman–Crippen LogP) is 2.16. The highest BCUT2D eigenvalue weighted by Gasteiger charge is 2.26. The van der Waals surface area contributed by atoms with Crippen molar-refractivity contribution in [1.29, 1.82) is 0 Å². The minimum Gasteiger partial charge on any atom is -0.340 e. The molecule has 1 aromatic carbocycles. The van der Waals surface area contributed by atoms with Crippen LogP contribution in [0.25, 0.3) is 0 Å². The van der Waals surface area contributed by atoms with Gasteiger partial charge in [0.05, 0.1) is 11.4 Å². The first-order valence-corrected chi connectivity index (χ1v) is 13.6. The number of anilines is 3. The lowest BCUT2D eigenvalue weighted by Crippen LogP contribution is -2.46. The molecule has 38 heavy (non-hydrogen) atoms. The largest absolute Gasteiger partial charge is 0.340 e. The summed E-state index contributed by atoms with van der Waals surface area (Å²) in [6, 6.07) is 9.29. The zero-order valence-electron chi connectivity index (χ0n) is 20.5. The van der Waals surface area contributed by atoms with Gasteiger partial charge in [-0.2, -0.15) is 18.5 Å². The second-order valence-corrected chi connectivity index (χ2v) is 10.6. The summed E-state index contributed by atoms with van der Waals surface area (Å²) in [6.07, 6.45) is 7.58. The quantitative estimate of drug-likeness (QED) is 0.277. The highest BCUT2D eigenvalue weighted by molar-refractivity contribution is 7.86. The van der Waals surface area contributed by atoms with Gasteiger partial charge >= 0.3 is 10.2 Å². The van der Waals surface area contributed by atoms with Crippen LogP contribution in [0.1, 0.15) is 40.5 Å². The van der Waals surface area contributed by atoms with E-state index in [1.807, 2.05) is 11.0 Å². The van der Waals surface area contributed by atoms with Gasteiger partial charge in [-0.1, -0.05) is 18.1 Å².